The van der Waals surface area contributed by atoms with Gasteiger partial charge < -0.3 is 11.1 Å². The van der Waals surface area contributed by atoms with Gasteiger partial charge in [-0.3, -0.25) is 4.79 Å². The first-order valence-corrected chi connectivity index (χ1v) is 7.25. The average Bonchev–Trinajstić information content (AvgIpc) is 2.95. The van der Waals surface area contributed by atoms with Crippen LogP contribution in [0.3, 0.4) is 0 Å². The van der Waals surface area contributed by atoms with Crippen LogP contribution in [-0.2, 0) is 0 Å². The van der Waals surface area contributed by atoms with E-state index in [1.165, 1.54) is 0 Å². The lowest BCUT2D eigenvalue weighted by atomic mass is 10.1. The van der Waals surface area contributed by atoms with Gasteiger partial charge in [-0.25, -0.2) is 9.37 Å². The number of nitrogens with two attached hydrogens (primary N) is 1. The van der Waals surface area contributed by atoms with Gasteiger partial charge in [0.25, 0.3) is 5.91 Å². The molecule has 0 aliphatic rings. The number of hydrogen-bond donors (Lipinski definition) is 2. The third kappa shape index (κ3) is 3.33. The van der Waals surface area contributed by atoms with Crippen LogP contribution < -0.4 is 11.1 Å². The van der Waals surface area contributed by atoms with Crippen molar-refractivity contribution in [3.63, 3.8) is 0 Å². The van der Waals surface area contributed by atoms with Crippen molar-refractivity contribution in [3.05, 3.63) is 46.0 Å². The van der Waals surface area contributed by atoms with E-state index in [1.54, 1.807) is 11.3 Å². The number of thiophene rings is 1. The number of carbonyl (C=O) groups excluding carboxylic acids is 1. The molecule has 1 amide bonds. The molecule has 0 saturated heterocycles. The molecule has 2 rings (SSSR count). The molecule has 20 heavy (non-hydrogen) atoms. The molecule has 0 spiro atoms. The van der Waals surface area contributed by atoms with Crippen LogP contribution in [0.1, 0.15) is 41.0 Å². The smallest absolute Gasteiger partial charge is 0.255 e. The maximum atomic E-state index is 13.2. The Morgan fingerprint density at radius 2 is 2.40 bits per heavy atom. The fourth-order valence-corrected chi connectivity index (χ4v) is 2.74. The summed E-state index contributed by atoms with van der Waals surface area (Å²) < 4.78 is 13.2. The summed E-state index contributed by atoms with van der Waals surface area (Å²) in [6.45, 7) is 2.05. The molecule has 0 radical (unpaired) electrons. The van der Waals surface area contributed by atoms with Gasteiger partial charge in [-0.2, -0.15) is 0 Å². The molecular formula is C14H16FN3OS. The molecule has 106 valence electrons. The third-order valence-electron chi connectivity index (χ3n) is 2.90. The lowest BCUT2D eigenvalue weighted by Gasteiger charge is -2.17. The number of hydrogen-bond acceptors (Lipinski definition) is 4. The lowest BCUT2D eigenvalue weighted by molar-refractivity contribution is 0.0935. The van der Waals surface area contributed by atoms with E-state index in [0.717, 1.165) is 30.0 Å². The quantitative estimate of drug-likeness (QED) is 0.890. The molecule has 0 bridgehead atoms. The first kappa shape index (κ1) is 14.5. The number of nitrogens with one attached hydrogen (secondary N) is 1. The van der Waals surface area contributed by atoms with E-state index in [2.05, 4.69) is 10.3 Å². The highest BCUT2D eigenvalue weighted by atomic mass is 32.1. The number of rotatable bonds is 5. The minimum atomic E-state index is -0.576. The van der Waals surface area contributed by atoms with Crippen molar-refractivity contribution in [3.8, 4) is 0 Å². The number of nitrogen functional groups attached to an aromatic ring is 1. The fraction of sp³-hybridized carbons (Fsp3) is 0.286. The Morgan fingerprint density at radius 3 is 3.05 bits per heavy atom. The number of amides is 1. The fourth-order valence-electron chi connectivity index (χ4n) is 1.93. The van der Waals surface area contributed by atoms with E-state index >= 15 is 0 Å². The molecule has 0 fully saturated rings. The van der Waals surface area contributed by atoms with Gasteiger partial charge in [-0.15, -0.1) is 11.3 Å². The highest BCUT2D eigenvalue weighted by Gasteiger charge is 2.18. The van der Waals surface area contributed by atoms with Crippen LogP contribution in [0.25, 0.3) is 0 Å². The Labute approximate surface area is 120 Å². The SMILES string of the molecule is CCCC(NC(=O)c1cc(F)cnc1N)c1cccs1. The predicted molar refractivity (Wildman–Crippen MR) is 78.0 cm³/mol. The Morgan fingerprint density at radius 1 is 1.60 bits per heavy atom. The predicted octanol–water partition coefficient (Wildman–Crippen LogP) is 3.14. The normalized spacial score (nSPS) is 12.1. The molecule has 0 aliphatic carbocycles. The Bertz CT molecular complexity index is 586. The van der Waals surface area contributed by atoms with Crippen LogP contribution in [0.4, 0.5) is 10.2 Å². The van der Waals surface area contributed by atoms with Crippen molar-refractivity contribution < 1.29 is 9.18 Å². The maximum Gasteiger partial charge on any atom is 0.255 e. The first-order valence-electron chi connectivity index (χ1n) is 6.37. The van der Waals surface area contributed by atoms with Crippen LogP contribution in [-0.4, -0.2) is 10.9 Å². The van der Waals surface area contributed by atoms with E-state index in [-0.39, 0.29) is 17.4 Å². The van der Waals surface area contributed by atoms with Gasteiger partial charge in [-0.1, -0.05) is 19.4 Å². The molecule has 1 unspecified atom stereocenters. The van der Waals surface area contributed by atoms with Crippen LogP contribution in [0.15, 0.2) is 29.8 Å². The summed E-state index contributed by atoms with van der Waals surface area (Å²) in [5.41, 5.74) is 5.69. The minimum absolute atomic E-state index is 0.0327. The number of aromatic nitrogens is 1. The van der Waals surface area contributed by atoms with E-state index in [9.17, 15) is 9.18 Å². The zero-order valence-corrected chi connectivity index (χ0v) is 11.9. The molecule has 1 atom stereocenters. The number of pyridine rings is 1. The second-order valence-electron chi connectivity index (χ2n) is 4.42. The third-order valence-corrected chi connectivity index (χ3v) is 3.89. The molecule has 2 heterocycles. The second-order valence-corrected chi connectivity index (χ2v) is 5.40. The second kappa shape index (κ2) is 6.47. The van der Waals surface area contributed by atoms with Crippen molar-refractivity contribution in [2.75, 3.05) is 5.73 Å². The largest absolute Gasteiger partial charge is 0.383 e. The van der Waals surface area contributed by atoms with Crippen LogP contribution in [0.5, 0.6) is 0 Å². The van der Waals surface area contributed by atoms with Crippen molar-refractivity contribution >= 4 is 23.1 Å². The highest BCUT2D eigenvalue weighted by Crippen LogP contribution is 2.24. The molecular weight excluding hydrogens is 277 g/mol. The number of anilines is 1. The van der Waals surface area contributed by atoms with E-state index in [0.29, 0.717) is 0 Å². The van der Waals surface area contributed by atoms with E-state index in [1.807, 2.05) is 24.4 Å². The van der Waals surface area contributed by atoms with Crippen molar-refractivity contribution in [1.29, 1.82) is 0 Å². The molecule has 3 N–H and O–H groups in total. The van der Waals surface area contributed by atoms with Gasteiger partial charge in [0, 0.05) is 4.88 Å². The number of halogens is 1. The maximum absolute atomic E-state index is 13.2. The lowest BCUT2D eigenvalue weighted by Crippen LogP contribution is -2.29. The summed E-state index contributed by atoms with van der Waals surface area (Å²) in [5.74, 6) is -0.945. The molecule has 0 aromatic carbocycles. The zero-order chi connectivity index (χ0) is 14.5. The molecule has 0 saturated carbocycles. The molecule has 0 aliphatic heterocycles. The highest BCUT2D eigenvalue weighted by molar-refractivity contribution is 7.10. The Hall–Kier alpha value is -1.95. The summed E-state index contributed by atoms with van der Waals surface area (Å²) in [4.78, 5) is 16.9. The summed E-state index contributed by atoms with van der Waals surface area (Å²) in [6, 6.07) is 4.93. The summed E-state index contributed by atoms with van der Waals surface area (Å²) in [7, 11) is 0. The van der Waals surface area contributed by atoms with Crippen LogP contribution in [0.2, 0.25) is 0 Å². The Kier molecular flexibility index (Phi) is 4.68. The van der Waals surface area contributed by atoms with Gasteiger partial charge in [-0.05, 0) is 23.9 Å². The Balaban J connectivity index is 2.18. The summed E-state index contributed by atoms with van der Waals surface area (Å²) >= 11 is 1.58. The number of carbonyl (C=O) groups is 1. The molecule has 2 aromatic heterocycles. The molecule has 4 nitrogen and oxygen atoms in total. The zero-order valence-electron chi connectivity index (χ0n) is 11.1. The summed E-state index contributed by atoms with van der Waals surface area (Å²) in [6.07, 6.45) is 2.74. The summed E-state index contributed by atoms with van der Waals surface area (Å²) in [5, 5.41) is 4.85. The van der Waals surface area contributed by atoms with Crippen molar-refractivity contribution in [2.24, 2.45) is 0 Å². The van der Waals surface area contributed by atoms with Gasteiger partial charge in [0.1, 0.15) is 11.6 Å². The van der Waals surface area contributed by atoms with Crippen LogP contribution >= 0.6 is 11.3 Å². The van der Waals surface area contributed by atoms with Crippen LogP contribution in [0, 0.1) is 5.82 Å². The van der Waals surface area contributed by atoms with Crippen molar-refractivity contribution in [2.45, 2.75) is 25.8 Å². The van der Waals surface area contributed by atoms with Gasteiger partial charge >= 0.3 is 0 Å². The van der Waals surface area contributed by atoms with Crippen molar-refractivity contribution in [1.82, 2.24) is 10.3 Å². The van der Waals surface area contributed by atoms with Gasteiger partial charge in [0.2, 0.25) is 0 Å². The van der Waals surface area contributed by atoms with E-state index in [4.69, 9.17) is 5.73 Å². The molecule has 6 heteroatoms. The monoisotopic (exact) mass is 293 g/mol. The molecule has 2 aromatic rings. The van der Waals surface area contributed by atoms with E-state index < -0.39 is 11.7 Å². The topological polar surface area (TPSA) is 68.0 Å². The standard InChI is InChI=1S/C14H16FN3OS/c1-2-4-11(12-5-3-6-20-12)18-14(19)10-7-9(15)8-17-13(10)16/h3,5-8,11H,2,4H2,1H3,(H2,16,17)(H,18,19). The minimum Gasteiger partial charge on any atom is -0.383 e. The number of nitrogens with zero attached hydrogens (tertiary/aromatic N) is 1. The first-order chi connectivity index (χ1) is 9.61. The van der Waals surface area contributed by atoms with Gasteiger partial charge in [0.05, 0.1) is 17.8 Å². The van der Waals surface area contributed by atoms with Gasteiger partial charge in [0.15, 0.2) is 0 Å². The average molecular weight is 293 g/mol.